The molecule has 0 aliphatic carbocycles. The van der Waals surface area contributed by atoms with Crippen LogP contribution in [0.25, 0.3) is 56.9 Å². The maximum absolute atomic E-state index is 13.7. The number of aromatic nitrogens is 22. The minimum Gasteiger partial charge on any atom is -0.322 e. The summed E-state index contributed by atoms with van der Waals surface area (Å²) >= 11 is 1.30. The predicted octanol–water partition coefficient (Wildman–Crippen LogP) is 9.38. The average Bonchev–Trinajstić information content (AvgIpc) is 1.84. The van der Waals surface area contributed by atoms with E-state index in [1.165, 1.54) is 29.7 Å². The Labute approximate surface area is 616 Å². The van der Waals surface area contributed by atoms with Crippen molar-refractivity contribution in [3.05, 3.63) is 273 Å². The van der Waals surface area contributed by atoms with E-state index in [1.807, 2.05) is 60.7 Å². The maximum Gasteiger partial charge on any atom is 0.258 e. The Bertz CT molecular complexity index is 5430. The van der Waals surface area contributed by atoms with Gasteiger partial charge in [-0.15, -0.1) is 62.3 Å². The van der Waals surface area contributed by atoms with Crippen molar-refractivity contribution >= 4 is 68.8 Å². The van der Waals surface area contributed by atoms with Crippen LogP contribution in [0, 0.1) is 58.1 Å². The van der Waals surface area contributed by atoms with E-state index in [1.54, 1.807) is 164 Å². The topological polar surface area (TPSA) is 539 Å². The summed E-state index contributed by atoms with van der Waals surface area (Å²) in [6.45, 7) is 1.78. The smallest absolute Gasteiger partial charge is 0.258 e. The Morgan fingerprint density at radius 3 is 1.09 bits per heavy atom. The molecule has 0 fully saturated rings. The largest absolute Gasteiger partial charge is 0.322 e. The van der Waals surface area contributed by atoms with Crippen molar-refractivity contribution in [1.82, 2.24) is 113 Å². The highest BCUT2D eigenvalue weighted by Crippen LogP contribution is 2.26. The molecule has 8 aromatic carbocycles. The van der Waals surface area contributed by atoms with Gasteiger partial charge in [0.15, 0.2) is 5.13 Å². The van der Waals surface area contributed by atoms with Gasteiger partial charge in [0.1, 0.15) is 5.82 Å². The van der Waals surface area contributed by atoms with E-state index in [4.69, 9.17) is 0 Å². The second-order valence-corrected chi connectivity index (χ2v) is 22.7. The summed E-state index contributed by atoms with van der Waals surface area (Å²) in [4.78, 5) is 69.0. The Balaban J connectivity index is 0.000000135. The van der Waals surface area contributed by atoms with Crippen molar-refractivity contribution in [2.75, 3.05) is 26.6 Å². The molecule has 15 aromatic rings. The Hall–Kier alpha value is -16.9. The predicted molar refractivity (Wildman–Crippen MR) is 387 cm³/mol. The lowest BCUT2D eigenvalue weighted by atomic mass is 10.0. The number of hydrogen-bond acceptors (Lipinski definition) is 27. The first-order valence-electron chi connectivity index (χ1n) is 31.4. The number of H-pyrrole nitrogens is 5. The van der Waals surface area contributed by atoms with Crippen LogP contribution in [0.3, 0.4) is 0 Å². The van der Waals surface area contributed by atoms with Crippen molar-refractivity contribution in [2.24, 2.45) is 0 Å². The van der Waals surface area contributed by atoms with Gasteiger partial charge in [-0.1, -0.05) is 78.9 Å². The lowest BCUT2D eigenvalue weighted by Gasteiger charge is -2.07. The van der Waals surface area contributed by atoms with Crippen LogP contribution < -0.4 is 26.6 Å². The quantitative estimate of drug-likeness (QED) is 0.0456. The van der Waals surface area contributed by atoms with Gasteiger partial charge in [0, 0.05) is 62.5 Å². The zero-order valence-electron chi connectivity index (χ0n) is 55.9. The van der Waals surface area contributed by atoms with Crippen LogP contribution in [0.2, 0.25) is 0 Å². The molecule has 5 amide bonds. The highest BCUT2D eigenvalue weighted by molar-refractivity contribution is 7.13. The zero-order valence-corrected chi connectivity index (χ0v) is 56.7. The molecule has 0 radical (unpaired) electrons. The molecule has 15 rings (SSSR count). The molecule has 0 unspecified atom stereocenters. The Morgan fingerprint density at radius 2 is 0.752 bits per heavy atom. The summed E-state index contributed by atoms with van der Waals surface area (Å²) in [5.41, 5.74) is 8.45. The highest BCUT2D eigenvalue weighted by atomic mass is 32.1. The number of rotatable bonds is 15. The molecule has 0 aliphatic rings. The first kappa shape index (κ1) is 73.4. The lowest BCUT2D eigenvalue weighted by molar-refractivity contribution is 0.101. The number of pyridine rings is 1. The van der Waals surface area contributed by atoms with Crippen molar-refractivity contribution in [2.45, 2.75) is 6.92 Å². The van der Waals surface area contributed by atoms with Gasteiger partial charge in [0.05, 0.1) is 86.4 Å². The van der Waals surface area contributed by atoms with Crippen molar-refractivity contribution in [3.63, 3.8) is 0 Å². The lowest BCUT2D eigenvalue weighted by Crippen LogP contribution is -2.13. The fourth-order valence-electron chi connectivity index (χ4n) is 9.53. The van der Waals surface area contributed by atoms with Crippen LogP contribution in [0.4, 0.5) is 32.3 Å². The van der Waals surface area contributed by atoms with Gasteiger partial charge in [-0.05, 0) is 148 Å². The molecule has 530 valence electrons. The first-order chi connectivity index (χ1) is 53.2. The number of thiazole rings is 1. The third kappa shape index (κ3) is 19.6. The molecule has 10 N–H and O–H groups in total. The third-order valence-corrected chi connectivity index (χ3v) is 15.4. The molecule has 0 saturated heterocycles. The van der Waals surface area contributed by atoms with Crippen molar-refractivity contribution in [1.29, 1.82) is 21.0 Å². The molecule has 109 heavy (non-hydrogen) atoms. The number of para-hydroxylation sites is 2. The van der Waals surface area contributed by atoms with Gasteiger partial charge in [0.2, 0.25) is 29.1 Å². The summed E-state index contributed by atoms with van der Waals surface area (Å²) < 4.78 is 13.7. The average molecular weight is 1470 g/mol. The first-order valence-corrected chi connectivity index (χ1v) is 32.3. The summed E-state index contributed by atoms with van der Waals surface area (Å²) in [5.74, 6) is -0.418. The maximum atomic E-state index is 13.7. The Morgan fingerprint density at radius 1 is 0.385 bits per heavy atom. The molecule has 0 saturated carbocycles. The number of carbonyl (C=O) groups excluding carboxylic acids is 5. The molecule has 7 aromatic heterocycles. The number of hydrogen-bond donors (Lipinski definition) is 10. The number of carbonyl (C=O) groups is 5. The SMILES string of the molecule is Cc1ccc(NC(=O)c2ccc(-c3nn[nH]n3)cc2)c(F)c1.N#Cc1cc(-c2nn[nH]n2)ccc1C(=O)Nc1ccccc1.N#Cc1cc(-c2nn[nH]n2)ccc1C(=O)Nc1ccccc1.N#Cc1cc(-c2nn[nH]n2)ccc1C(=O)Nc1cccnc1.N#Cc1cc(-c2nn[nH]n2)ccc1C(=O)Nc1nccs1. The highest BCUT2D eigenvalue weighted by Gasteiger charge is 2.20. The van der Waals surface area contributed by atoms with Gasteiger partial charge >= 0.3 is 0 Å². The number of aromatic amines is 5. The van der Waals surface area contributed by atoms with Gasteiger partial charge in [-0.3, -0.25) is 34.3 Å². The van der Waals surface area contributed by atoms with Gasteiger partial charge in [0.25, 0.3) is 29.5 Å². The normalized spacial score (nSPS) is 10.1. The van der Waals surface area contributed by atoms with E-state index in [2.05, 4.69) is 140 Å². The summed E-state index contributed by atoms with van der Waals surface area (Å²) in [7, 11) is 0. The number of anilines is 5. The van der Waals surface area contributed by atoms with Crippen LogP contribution in [-0.4, -0.2) is 143 Å². The summed E-state index contributed by atoms with van der Waals surface area (Å²) in [6.07, 6.45) is 4.72. The number of amides is 5. The number of nitrogens with one attached hydrogen (secondary N) is 10. The number of nitriles is 4. The molecule has 38 heteroatoms. The fraction of sp³-hybridized carbons (Fsp3) is 0.0141. The number of benzene rings is 8. The van der Waals surface area contributed by atoms with E-state index in [0.717, 1.165) is 11.1 Å². The van der Waals surface area contributed by atoms with E-state index >= 15 is 0 Å². The van der Waals surface area contributed by atoms with Crippen molar-refractivity contribution in [3.8, 4) is 81.2 Å². The zero-order chi connectivity index (χ0) is 76.3. The second-order valence-electron chi connectivity index (χ2n) is 21.8. The molecular formula is C71H48FN31O5S. The molecule has 0 atom stereocenters. The Kier molecular flexibility index (Phi) is 24.3. The summed E-state index contributed by atoms with van der Waals surface area (Å²) in [6, 6.07) is 59.9. The summed E-state index contributed by atoms with van der Waals surface area (Å²) in [5, 5.41) is 120. The monoisotopic (exact) mass is 1470 g/mol. The van der Waals surface area contributed by atoms with E-state index < -0.39 is 5.82 Å². The fourth-order valence-corrected chi connectivity index (χ4v) is 10.1. The van der Waals surface area contributed by atoms with E-state index in [9.17, 15) is 49.4 Å². The molecule has 0 bridgehead atoms. The molecule has 0 spiro atoms. The van der Waals surface area contributed by atoms with Crippen LogP contribution in [0.15, 0.2) is 212 Å². The van der Waals surface area contributed by atoms with Crippen LogP contribution in [-0.2, 0) is 0 Å². The van der Waals surface area contributed by atoms with Crippen LogP contribution >= 0.6 is 11.3 Å². The molecule has 0 aliphatic heterocycles. The van der Waals surface area contributed by atoms with E-state index in [-0.39, 0.29) is 68.6 Å². The third-order valence-electron chi connectivity index (χ3n) is 14.7. The number of nitrogens with zero attached hydrogens (tertiary/aromatic N) is 21. The van der Waals surface area contributed by atoms with E-state index in [0.29, 0.717) is 90.3 Å². The second kappa shape index (κ2) is 36.1. The van der Waals surface area contributed by atoms with Gasteiger partial charge in [-0.2, -0.15) is 47.1 Å². The standard InChI is InChI=1S/C15H12FN5O.2C15H10N6O.C14H9N7O.C12H7N7OS/c1-9-2-7-13(12(16)8-9)17-15(22)11-5-3-10(4-6-11)14-18-20-21-19-14;2*16-9-11-8-10(14-18-20-21-19-14)6-7-13(11)15(22)17-12-4-2-1-3-5-12;15-7-10-6-9(13-18-20-21-19-13)3-4-12(10)14(22)17-11-2-1-5-16-8-11;13-6-8-5-7(10-16-18-19-17-10)1-2-9(8)11(20)15-12-14-3-4-21-12/h2-8H,1H3,(H,17,22)(H,18,19,20,21);2*1-8H,(H,17,22)(H,18,19,20,21);1-6,8H,(H,17,22)(H,18,19,20,21);1-5H,(H,14,15,20)(H,16,17,18,19). The van der Waals surface area contributed by atoms with Gasteiger partial charge in [-0.25, -0.2) is 9.37 Å². The van der Waals surface area contributed by atoms with Crippen LogP contribution in [0.5, 0.6) is 0 Å². The molecular weight excluding hydrogens is 1420 g/mol. The minimum atomic E-state index is -0.461. The minimum absolute atomic E-state index is 0.151. The molecule has 36 nitrogen and oxygen atoms in total. The van der Waals surface area contributed by atoms with Gasteiger partial charge < -0.3 is 21.3 Å². The van der Waals surface area contributed by atoms with Crippen molar-refractivity contribution < 1.29 is 28.4 Å². The number of aryl methyl sites for hydroxylation is 1. The number of tetrazole rings is 5. The molecule has 7 heterocycles. The van der Waals surface area contributed by atoms with Crippen LogP contribution in [0.1, 0.15) is 79.6 Å². The number of halogens is 1.